The zero-order chi connectivity index (χ0) is 18.4. The number of carboxylic acids is 1. The molecular weight excluding hydrogens is 326 g/mol. The second-order valence-electron chi connectivity index (χ2n) is 5.95. The van der Waals surface area contributed by atoms with Crippen molar-refractivity contribution in [2.45, 2.75) is 31.8 Å². The van der Waals surface area contributed by atoms with Crippen LogP contribution in [0.1, 0.15) is 30.1 Å². The Morgan fingerprint density at radius 2 is 2.04 bits per heavy atom. The van der Waals surface area contributed by atoms with E-state index in [1.54, 1.807) is 24.3 Å². The molecule has 3 N–H and O–H groups in total. The third-order valence-electron chi connectivity index (χ3n) is 4.25. The number of amides is 2. The van der Waals surface area contributed by atoms with Crippen molar-refractivity contribution in [1.29, 1.82) is 0 Å². The minimum absolute atomic E-state index is 0.0108. The van der Waals surface area contributed by atoms with E-state index in [1.807, 2.05) is 11.8 Å². The van der Waals surface area contributed by atoms with Crippen molar-refractivity contribution in [3.63, 3.8) is 0 Å². The first-order chi connectivity index (χ1) is 11.9. The van der Waals surface area contributed by atoms with Gasteiger partial charge in [-0.05, 0) is 37.6 Å². The van der Waals surface area contributed by atoms with Crippen molar-refractivity contribution < 1.29 is 24.2 Å². The molecule has 1 aromatic carbocycles. The molecule has 0 unspecified atom stereocenters. The lowest BCUT2D eigenvalue weighted by Crippen LogP contribution is -2.55. The van der Waals surface area contributed by atoms with Crippen molar-refractivity contribution in [3.8, 4) is 0 Å². The summed E-state index contributed by atoms with van der Waals surface area (Å²) < 4.78 is 4.65. The van der Waals surface area contributed by atoms with E-state index in [0.29, 0.717) is 17.8 Å². The summed E-state index contributed by atoms with van der Waals surface area (Å²) in [6.07, 6.45) is 1.44. The molecule has 1 fully saturated rings. The number of anilines is 1. The number of methoxy groups -OCH3 is 1. The van der Waals surface area contributed by atoms with Crippen LogP contribution in [-0.2, 0) is 9.53 Å². The molecule has 8 nitrogen and oxygen atoms in total. The molecule has 0 aliphatic heterocycles. The van der Waals surface area contributed by atoms with Gasteiger partial charge in [0.25, 0.3) is 0 Å². The smallest absolute Gasteiger partial charge is 0.337 e. The van der Waals surface area contributed by atoms with E-state index in [9.17, 15) is 14.4 Å². The summed E-state index contributed by atoms with van der Waals surface area (Å²) >= 11 is 0. The first kappa shape index (κ1) is 18.7. The number of carbonyl (C=O) groups excluding carboxylic acids is 2. The fraction of sp³-hybridized carbons (Fsp3) is 0.471. The quantitative estimate of drug-likeness (QED) is 0.644. The van der Waals surface area contributed by atoms with E-state index in [1.165, 1.54) is 7.11 Å². The molecule has 136 valence electrons. The summed E-state index contributed by atoms with van der Waals surface area (Å²) in [5.74, 6) is -1.31. The summed E-state index contributed by atoms with van der Waals surface area (Å²) in [5, 5.41) is 14.4. The Morgan fingerprint density at radius 3 is 2.64 bits per heavy atom. The van der Waals surface area contributed by atoms with Gasteiger partial charge >= 0.3 is 18.0 Å². The Bertz CT molecular complexity index is 643. The van der Waals surface area contributed by atoms with Crippen LogP contribution in [0.25, 0.3) is 0 Å². The number of benzene rings is 1. The normalized spacial score (nSPS) is 19.0. The molecule has 2 rings (SSSR count). The van der Waals surface area contributed by atoms with Gasteiger partial charge in [0.05, 0.1) is 19.2 Å². The molecule has 1 aliphatic rings. The van der Waals surface area contributed by atoms with Gasteiger partial charge in [-0.1, -0.05) is 13.0 Å². The van der Waals surface area contributed by atoms with E-state index in [-0.39, 0.29) is 24.7 Å². The van der Waals surface area contributed by atoms with Crippen LogP contribution >= 0.6 is 0 Å². The summed E-state index contributed by atoms with van der Waals surface area (Å²) in [4.78, 5) is 36.2. The lowest BCUT2D eigenvalue weighted by atomic mass is 9.85. The van der Waals surface area contributed by atoms with Crippen molar-refractivity contribution in [2.24, 2.45) is 0 Å². The highest BCUT2D eigenvalue weighted by Gasteiger charge is 2.34. The van der Waals surface area contributed by atoms with Crippen molar-refractivity contribution in [2.75, 3.05) is 25.5 Å². The van der Waals surface area contributed by atoms with Gasteiger partial charge in [-0.3, -0.25) is 9.69 Å². The van der Waals surface area contributed by atoms with Gasteiger partial charge in [0, 0.05) is 17.8 Å². The van der Waals surface area contributed by atoms with E-state index in [2.05, 4.69) is 15.4 Å². The topological polar surface area (TPSA) is 108 Å². The predicted molar refractivity (Wildman–Crippen MR) is 91.6 cm³/mol. The maximum Gasteiger partial charge on any atom is 0.337 e. The Labute approximate surface area is 146 Å². The van der Waals surface area contributed by atoms with Crippen molar-refractivity contribution >= 4 is 23.7 Å². The van der Waals surface area contributed by atoms with Gasteiger partial charge in [0.2, 0.25) is 0 Å². The summed E-state index contributed by atoms with van der Waals surface area (Å²) in [7, 11) is 1.30. The predicted octanol–water partition coefficient (Wildman–Crippen LogP) is 1.53. The van der Waals surface area contributed by atoms with Gasteiger partial charge in [-0.2, -0.15) is 0 Å². The number of esters is 1. The highest BCUT2D eigenvalue weighted by Crippen LogP contribution is 2.25. The van der Waals surface area contributed by atoms with Gasteiger partial charge in [-0.25, -0.2) is 9.59 Å². The molecule has 0 heterocycles. The molecule has 1 saturated carbocycles. The number of carboxylic acid groups (broad SMARTS) is 1. The van der Waals surface area contributed by atoms with Crippen molar-refractivity contribution in [3.05, 3.63) is 29.8 Å². The molecular formula is C17H23N3O5. The van der Waals surface area contributed by atoms with Gasteiger partial charge in [0.1, 0.15) is 0 Å². The van der Waals surface area contributed by atoms with E-state index < -0.39 is 11.9 Å². The molecule has 0 radical (unpaired) electrons. The minimum Gasteiger partial charge on any atom is -0.480 e. The van der Waals surface area contributed by atoms with E-state index in [0.717, 1.165) is 12.8 Å². The number of nitrogens with one attached hydrogen (secondary N) is 2. The number of rotatable bonds is 7. The molecule has 0 aromatic heterocycles. The third kappa shape index (κ3) is 5.18. The average molecular weight is 349 g/mol. The molecule has 1 aromatic rings. The fourth-order valence-electron chi connectivity index (χ4n) is 2.87. The SMILES string of the molecule is CCN(CC(=O)O)C1CC(NC(=O)Nc2cccc(C(=O)OC)c2)C1. The number of carbonyl (C=O) groups is 3. The summed E-state index contributed by atoms with van der Waals surface area (Å²) in [6, 6.07) is 6.32. The van der Waals surface area contributed by atoms with Crippen LogP contribution in [0.5, 0.6) is 0 Å². The van der Waals surface area contributed by atoms with Crippen LogP contribution in [0.3, 0.4) is 0 Å². The van der Waals surface area contributed by atoms with Crippen LogP contribution in [0, 0.1) is 0 Å². The number of hydrogen-bond acceptors (Lipinski definition) is 5. The Balaban J connectivity index is 1.80. The molecule has 25 heavy (non-hydrogen) atoms. The molecule has 0 saturated heterocycles. The number of hydrogen-bond donors (Lipinski definition) is 3. The zero-order valence-corrected chi connectivity index (χ0v) is 14.3. The van der Waals surface area contributed by atoms with Gasteiger partial charge < -0.3 is 20.5 Å². The highest BCUT2D eigenvalue weighted by atomic mass is 16.5. The lowest BCUT2D eigenvalue weighted by molar-refractivity contribution is -0.139. The number of aliphatic carboxylic acids is 1. The lowest BCUT2D eigenvalue weighted by Gasteiger charge is -2.42. The molecule has 0 bridgehead atoms. The molecule has 0 spiro atoms. The summed E-state index contributed by atoms with van der Waals surface area (Å²) in [6.45, 7) is 2.60. The number of ether oxygens (including phenoxy) is 1. The number of nitrogens with zero attached hydrogens (tertiary/aromatic N) is 1. The standard InChI is InChI=1S/C17H23N3O5/c1-3-20(10-15(21)22)14-8-13(9-14)19-17(24)18-12-6-4-5-11(7-12)16(23)25-2/h4-7,13-14H,3,8-10H2,1-2H3,(H,21,22)(H2,18,19,24). The molecule has 0 atom stereocenters. The fourth-order valence-corrected chi connectivity index (χ4v) is 2.87. The maximum absolute atomic E-state index is 12.0. The Morgan fingerprint density at radius 1 is 1.32 bits per heavy atom. The first-order valence-electron chi connectivity index (χ1n) is 8.14. The monoisotopic (exact) mass is 349 g/mol. The first-order valence-corrected chi connectivity index (χ1v) is 8.14. The van der Waals surface area contributed by atoms with Crippen molar-refractivity contribution in [1.82, 2.24) is 10.2 Å². The molecule has 8 heteroatoms. The zero-order valence-electron chi connectivity index (χ0n) is 14.3. The van der Waals surface area contributed by atoms with Gasteiger partial charge in [0.15, 0.2) is 0 Å². The largest absolute Gasteiger partial charge is 0.480 e. The molecule has 1 aliphatic carbocycles. The number of likely N-dealkylation sites (N-methyl/N-ethyl adjacent to an activating group) is 1. The Hall–Kier alpha value is -2.61. The van der Waals surface area contributed by atoms with E-state index >= 15 is 0 Å². The maximum atomic E-state index is 12.0. The second-order valence-corrected chi connectivity index (χ2v) is 5.95. The summed E-state index contributed by atoms with van der Waals surface area (Å²) in [5.41, 5.74) is 0.855. The van der Waals surface area contributed by atoms with Crippen LogP contribution in [-0.4, -0.2) is 60.3 Å². The van der Waals surface area contributed by atoms with Crippen LogP contribution < -0.4 is 10.6 Å². The van der Waals surface area contributed by atoms with Crippen LogP contribution in [0.15, 0.2) is 24.3 Å². The van der Waals surface area contributed by atoms with Gasteiger partial charge in [-0.15, -0.1) is 0 Å². The number of urea groups is 1. The molecule has 2 amide bonds. The second kappa shape index (κ2) is 8.48. The third-order valence-corrected chi connectivity index (χ3v) is 4.25. The van der Waals surface area contributed by atoms with Crippen LogP contribution in [0.2, 0.25) is 0 Å². The van der Waals surface area contributed by atoms with E-state index in [4.69, 9.17) is 5.11 Å². The Kier molecular flexibility index (Phi) is 6.35. The minimum atomic E-state index is -0.846. The highest BCUT2D eigenvalue weighted by molar-refractivity contribution is 5.94. The van der Waals surface area contributed by atoms with Crippen LogP contribution in [0.4, 0.5) is 10.5 Å². The average Bonchev–Trinajstić information content (AvgIpc) is 2.55.